The Labute approximate surface area is 311 Å². The summed E-state index contributed by atoms with van der Waals surface area (Å²) in [6.45, 7) is 22.3. The number of aromatic nitrogens is 2. The lowest BCUT2D eigenvalue weighted by Crippen LogP contribution is -2.34. The molecule has 13 heteroatoms. The van der Waals surface area contributed by atoms with E-state index in [9.17, 15) is 23.2 Å². The van der Waals surface area contributed by atoms with E-state index in [2.05, 4.69) is 39.3 Å². The van der Waals surface area contributed by atoms with Gasteiger partial charge in [0.25, 0.3) is 5.91 Å². The van der Waals surface area contributed by atoms with Gasteiger partial charge < -0.3 is 25.0 Å². The van der Waals surface area contributed by atoms with Crippen LogP contribution in [0.15, 0.2) is 48.5 Å². The van der Waals surface area contributed by atoms with Crippen LogP contribution in [0.3, 0.4) is 0 Å². The second kappa shape index (κ2) is 18.7. The zero-order chi connectivity index (χ0) is 39.5. The molecule has 0 aliphatic rings. The summed E-state index contributed by atoms with van der Waals surface area (Å²) in [5.41, 5.74) is 2.07. The standard InChI is InChI=1S/C20H26FN3O3.C20H28FN3O2/c1-6-24(7-2)18(25)14-11-13-15(21)9-8-10-16(13)23-17(14)12-22-19(26)27-20(3,4)5;1-6-24(7-2)13-14-11-15-16(21)9-8-10-17(15)23-18(14)12-22-19(25)26-20(3,4)5/h8-11H,6-7,12H2,1-5H3,(H,22,26);8-11H,6-7,12-13H2,1-5H3,(H,22,25). The number of amides is 3. The third kappa shape index (κ3) is 12.6. The maximum atomic E-state index is 14.2. The monoisotopic (exact) mass is 736 g/mol. The van der Waals surface area contributed by atoms with Gasteiger partial charge in [-0.15, -0.1) is 0 Å². The average Bonchev–Trinajstić information content (AvgIpc) is 3.08. The first-order valence-electron chi connectivity index (χ1n) is 18.0. The van der Waals surface area contributed by atoms with Gasteiger partial charge in [0.2, 0.25) is 0 Å². The summed E-state index contributed by atoms with van der Waals surface area (Å²) >= 11 is 0. The highest BCUT2D eigenvalue weighted by Crippen LogP contribution is 2.23. The van der Waals surface area contributed by atoms with E-state index in [1.54, 1.807) is 49.9 Å². The Morgan fingerprint density at radius 3 is 1.58 bits per heavy atom. The molecular weight excluding hydrogens is 682 g/mol. The van der Waals surface area contributed by atoms with E-state index in [0.717, 1.165) is 24.3 Å². The molecule has 0 radical (unpaired) electrons. The van der Waals surface area contributed by atoms with Crippen LogP contribution in [0.25, 0.3) is 21.8 Å². The molecule has 288 valence electrons. The molecule has 4 aromatic rings. The minimum Gasteiger partial charge on any atom is -0.444 e. The molecule has 2 heterocycles. The number of alkyl carbamates (subject to hydrolysis) is 2. The van der Waals surface area contributed by atoms with Gasteiger partial charge in [-0.25, -0.2) is 23.4 Å². The van der Waals surface area contributed by atoms with Crippen molar-refractivity contribution < 1.29 is 32.6 Å². The molecule has 0 aliphatic carbocycles. The molecule has 53 heavy (non-hydrogen) atoms. The summed E-state index contributed by atoms with van der Waals surface area (Å²) in [4.78, 5) is 49.7. The van der Waals surface area contributed by atoms with Crippen LogP contribution in [-0.2, 0) is 29.1 Å². The van der Waals surface area contributed by atoms with Gasteiger partial charge in [-0.2, -0.15) is 0 Å². The van der Waals surface area contributed by atoms with Crippen LogP contribution >= 0.6 is 0 Å². The van der Waals surface area contributed by atoms with Crippen LogP contribution in [0.5, 0.6) is 0 Å². The van der Waals surface area contributed by atoms with Gasteiger partial charge >= 0.3 is 12.2 Å². The predicted molar refractivity (Wildman–Crippen MR) is 203 cm³/mol. The summed E-state index contributed by atoms with van der Waals surface area (Å²) in [6.07, 6.45) is -1.10. The van der Waals surface area contributed by atoms with Crippen LogP contribution in [0.4, 0.5) is 18.4 Å². The number of halogens is 2. The maximum absolute atomic E-state index is 14.2. The summed E-state index contributed by atoms with van der Waals surface area (Å²) in [6, 6.07) is 12.7. The Morgan fingerprint density at radius 2 is 1.13 bits per heavy atom. The van der Waals surface area contributed by atoms with Gasteiger partial charge in [0.05, 0.1) is 41.1 Å². The molecular formula is C40H54F2N6O5. The number of ether oxygens (including phenoxy) is 2. The van der Waals surface area contributed by atoms with Crippen molar-refractivity contribution in [1.82, 2.24) is 30.4 Å². The lowest BCUT2D eigenvalue weighted by Gasteiger charge is -2.22. The Balaban J connectivity index is 0.000000286. The molecule has 0 unspecified atom stereocenters. The van der Waals surface area contributed by atoms with Crippen LogP contribution in [0.2, 0.25) is 0 Å². The van der Waals surface area contributed by atoms with Crippen molar-refractivity contribution in [3.63, 3.8) is 0 Å². The van der Waals surface area contributed by atoms with Gasteiger partial charge in [-0.3, -0.25) is 14.7 Å². The van der Waals surface area contributed by atoms with E-state index in [4.69, 9.17) is 9.47 Å². The molecule has 2 aromatic heterocycles. The number of nitrogens with one attached hydrogen (secondary N) is 2. The second-order valence-corrected chi connectivity index (χ2v) is 14.3. The zero-order valence-electron chi connectivity index (χ0n) is 32.7. The Kier molecular flexibility index (Phi) is 15.0. The van der Waals surface area contributed by atoms with Gasteiger partial charge in [-0.05, 0) is 110 Å². The molecule has 4 rings (SSSR count). The first-order chi connectivity index (χ1) is 24.9. The van der Waals surface area contributed by atoms with Crippen molar-refractivity contribution in [3.05, 3.63) is 82.7 Å². The number of fused-ring (bicyclic) bond motifs is 2. The molecule has 0 saturated carbocycles. The Hall–Kier alpha value is -4.91. The number of rotatable bonds is 11. The first kappa shape index (κ1) is 42.5. The van der Waals surface area contributed by atoms with E-state index in [1.807, 2.05) is 40.7 Å². The lowest BCUT2D eigenvalue weighted by atomic mass is 10.1. The number of hydrogen-bond acceptors (Lipinski definition) is 8. The Morgan fingerprint density at radius 1 is 0.679 bits per heavy atom. The topological polar surface area (TPSA) is 126 Å². The highest BCUT2D eigenvalue weighted by atomic mass is 19.1. The van der Waals surface area contributed by atoms with E-state index in [1.165, 1.54) is 18.2 Å². The van der Waals surface area contributed by atoms with Crippen molar-refractivity contribution >= 4 is 39.9 Å². The third-order valence-corrected chi connectivity index (χ3v) is 8.03. The fourth-order valence-corrected chi connectivity index (χ4v) is 5.36. The quantitative estimate of drug-likeness (QED) is 0.158. The Bertz CT molecular complexity index is 1880. The van der Waals surface area contributed by atoms with Crippen molar-refractivity contribution in [2.75, 3.05) is 26.2 Å². The van der Waals surface area contributed by atoms with Crippen LogP contribution < -0.4 is 10.6 Å². The van der Waals surface area contributed by atoms with Gasteiger partial charge in [0.15, 0.2) is 0 Å². The number of carbonyl (C=O) groups is 3. The molecule has 3 amide bonds. The van der Waals surface area contributed by atoms with E-state index in [-0.39, 0.29) is 35.8 Å². The van der Waals surface area contributed by atoms with Crippen LogP contribution in [-0.4, -0.2) is 75.2 Å². The molecule has 11 nitrogen and oxygen atoms in total. The summed E-state index contributed by atoms with van der Waals surface area (Å²) in [5, 5.41) is 6.13. The molecule has 0 saturated heterocycles. The predicted octanol–water partition coefficient (Wildman–Crippen LogP) is 8.12. The largest absolute Gasteiger partial charge is 0.444 e. The molecule has 0 atom stereocenters. The third-order valence-electron chi connectivity index (χ3n) is 8.03. The van der Waals surface area contributed by atoms with Crippen molar-refractivity contribution in [2.45, 2.75) is 100 Å². The van der Waals surface area contributed by atoms with Crippen molar-refractivity contribution in [3.8, 4) is 0 Å². The fraction of sp³-hybridized carbons (Fsp3) is 0.475. The highest BCUT2D eigenvalue weighted by Gasteiger charge is 2.22. The molecule has 0 bridgehead atoms. The van der Waals surface area contributed by atoms with Gasteiger partial charge in [0.1, 0.15) is 22.8 Å². The van der Waals surface area contributed by atoms with Crippen LogP contribution in [0, 0.1) is 11.6 Å². The number of hydrogen-bond donors (Lipinski definition) is 2. The smallest absolute Gasteiger partial charge is 0.407 e. The SMILES string of the molecule is CCN(CC)C(=O)c1cc2c(F)cccc2nc1CNC(=O)OC(C)(C)C.CCN(CC)Cc1cc2c(F)cccc2nc1CNC(=O)OC(C)(C)C. The highest BCUT2D eigenvalue weighted by molar-refractivity contribution is 5.99. The summed E-state index contributed by atoms with van der Waals surface area (Å²) in [7, 11) is 0. The number of carbonyl (C=O) groups excluding carboxylic acids is 3. The van der Waals surface area contributed by atoms with Crippen LogP contribution in [0.1, 0.15) is 96.5 Å². The number of pyridine rings is 2. The summed E-state index contributed by atoms with van der Waals surface area (Å²) in [5.74, 6) is -0.985. The maximum Gasteiger partial charge on any atom is 0.407 e. The summed E-state index contributed by atoms with van der Waals surface area (Å²) < 4.78 is 38.8. The minimum atomic E-state index is -0.635. The van der Waals surface area contributed by atoms with E-state index in [0.29, 0.717) is 41.7 Å². The van der Waals surface area contributed by atoms with Crippen molar-refractivity contribution in [1.29, 1.82) is 0 Å². The molecule has 0 aliphatic heterocycles. The van der Waals surface area contributed by atoms with Gasteiger partial charge in [0, 0.05) is 30.4 Å². The second-order valence-electron chi connectivity index (χ2n) is 14.3. The zero-order valence-corrected chi connectivity index (χ0v) is 32.7. The normalized spacial score (nSPS) is 11.6. The molecule has 2 N–H and O–H groups in total. The van der Waals surface area contributed by atoms with E-state index >= 15 is 0 Å². The van der Waals surface area contributed by atoms with Gasteiger partial charge in [-0.1, -0.05) is 26.0 Å². The average molecular weight is 737 g/mol. The number of nitrogens with zero attached hydrogens (tertiary/aromatic N) is 4. The van der Waals surface area contributed by atoms with Crippen molar-refractivity contribution in [2.24, 2.45) is 0 Å². The first-order valence-corrected chi connectivity index (χ1v) is 18.0. The molecule has 0 fully saturated rings. The number of benzene rings is 2. The minimum absolute atomic E-state index is 0.00368. The molecule has 2 aromatic carbocycles. The lowest BCUT2D eigenvalue weighted by molar-refractivity contribution is 0.0511. The molecule has 0 spiro atoms. The fourth-order valence-electron chi connectivity index (χ4n) is 5.36. The van der Waals surface area contributed by atoms with E-state index < -0.39 is 29.2 Å².